The Kier molecular flexibility index (Phi) is 6.34. The van der Waals surface area contributed by atoms with E-state index < -0.39 is 16.1 Å². The zero-order valence-electron chi connectivity index (χ0n) is 16.5. The molecule has 29 heavy (non-hydrogen) atoms. The van der Waals surface area contributed by atoms with E-state index in [-0.39, 0.29) is 16.7 Å². The monoisotopic (exact) mass is 415 g/mol. The van der Waals surface area contributed by atoms with Crippen LogP contribution in [0.2, 0.25) is 0 Å². The molecule has 0 radical (unpaired) electrons. The van der Waals surface area contributed by atoms with Crippen molar-refractivity contribution in [2.24, 2.45) is 0 Å². The Balaban J connectivity index is 1.77. The van der Waals surface area contributed by atoms with Crippen molar-refractivity contribution < 1.29 is 18.0 Å². The summed E-state index contributed by atoms with van der Waals surface area (Å²) >= 11 is 0. The Morgan fingerprint density at radius 1 is 0.931 bits per heavy atom. The van der Waals surface area contributed by atoms with Crippen molar-refractivity contribution in [3.05, 3.63) is 54.1 Å². The largest absolute Gasteiger partial charge is 0.326 e. The molecule has 8 heteroatoms. The van der Waals surface area contributed by atoms with Crippen LogP contribution in [-0.2, 0) is 19.6 Å². The second-order valence-electron chi connectivity index (χ2n) is 7.19. The highest BCUT2D eigenvalue weighted by Crippen LogP contribution is 2.27. The van der Waals surface area contributed by atoms with E-state index in [0.717, 1.165) is 18.4 Å². The van der Waals surface area contributed by atoms with E-state index in [0.29, 0.717) is 24.3 Å². The molecule has 0 spiro atoms. The van der Waals surface area contributed by atoms with Gasteiger partial charge in [0.1, 0.15) is 6.04 Å². The summed E-state index contributed by atoms with van der Waals surface area (Å²) in [4.78, 5) is 24.2. The number of rotatable bonds is 5. The Morgan fingerprint density at radius 3 is 2.10 bits per heavy atom. The van der Waals surface area contributed by atoms with Crippen molar-refractivity contribution in [3.8, 4) is 0 Å². The lowest BCUT2D eigenvalue weighted by Gasteiger charge is -2.33. The molecule has 0 saturated carbocycles. The number of anilines is 2. The van der Waals surface area contributed by atoms with Crippen molar-refractivity contribution in [1.82, 2.24) is 4.31 Å². The lowest BCUT2D eigenvalue weighted by atomic mass is 10.0. The second kappa shape index (κ2) is 8.75. The third kappa shape index (κ3) is 5.02. The molecule has 154 valence electrons. The van der Waals surface area contributed by atoms with Crippen LogP contribution in [0.25, 0.3) is 0 Å². The van der Waals surface area contributed by atoms with Gasteiger partial charge < -0.3 is 10.6 Å². The summed E-state index contributed by atoms with van der Waals surface area (Å²) in [6, 6.07) is 12.6. The Labute approximate surface area is 171 Å². The third-order valence-electron chi connectivity index (χ3n) is 4.86. The van der Waals surface area contributed by atoms with Crippen molar-refractivity contribution in [2.75, 3.05) is 17.2 Å². The number of carbonyl (C=O) groups is 2. The van der Waals surface area contributed by atoms with E-state index in [2.05, 4.69) is 10.6 Å². The lowest BCUT2D eigenvalue weighted by Crippen LogP contribution is -2.49. The maximum absolute atomic E-state index is 13.1. The maximum Gasteiger partial charge on any atom is 0.243 e. The minimum Gasteiger partial charge on any atom is -0.326 e. The van der Waals surface area contributed by atoms with E-state index in [1.165, 1.54) is 11.2 Å². The van der Waals surface area contributed by atoms with Crippen LogP contribution in [0.3, 0.4) is 0 Å². The molecule has 0 bridgehead atoms. The van der Waals surface area contributed by atoms with Crippen LogP contribution in [0.15, 0.2) is 53.4 Å². The first-order valence-corrected chi connectivity index (χ1v) is 11.0. The molecule has 2 aromatic carbocycles. The van der Waals surface area contributed by atoms with Gasteiger partial charge in [0, 0.05) is 24.8 Å². The number of carbonyl (C=O) groups excluding carboxylic acids is 2. The number of hydrogen-bond donors (Lipinski definition) is 2. The van der Waals surface area contributed by atoms with Gasteiger partial charge in [-0.3, -0.25) is 9.59 Å². The molecule has 1 atom stereocenters. The predicted molar refractivity (Wildman–Crippen MR) is 112 cm³/mol. The molecule has 1 heterocycles. The van der Waals surface area contributed by atoms with Crippen LogP contribution in [0, 0.1) is 6.92 Å². The highest BCUT2D eigenvalue weighted by Gasteiger charge is 2.37. The number of sulfonamides is 1. The van der Waals surface area contributed by atoms with Gasteiger partial charge in [-0.05, 0) is 56.2 Å². The SMILES string of the molecule is CC(=O)Nc1ccc(NC(=O)[C@H]2CCCCN2S(=O)(=O)c2ccc(C)cc2)cc1. The normalized spacial score (nSPS) is 17.5. The molecule has 2 N–H and O–H groups in total. The van der Waals surface area contributed by atoms with E-state index in [1.54, 1.807) is 48.5 Å². The summed E-state index contributed by atoms with van der Waals surface area (Å²) in [5.41, 5.74) is 2.14. The molecule has 1 saturated heterocycles. The molecule has 1 fully saturated rings. The molecule has 0 aliphatic carbocycles. The maximum atomic E-state index is 13.1. The summed E-state index contributed by atoms with van der Waals surface area (Å²) in [6.45, 7) is 3.63. The summed E-state index contributed by atoms with van der Waals surface area (Å²) in [5, 5.41) is 5.46. The molecule has 3 rings (SSSR count). The first-order valence-electron chi connectivity index (χ1n) is 9.54. The quantitative estimate of drug-likeness (QED) is 0.784. The molecule has 0 unspecified atom stereocenters. The average Bonchev–Trinajstić information content (AvgIpc) is 2.69. The molecule has 1 aliphatic heterocycles. The standard InChI is InChI=1S/C21H25N3O4S/c1-15-6-12-19(13-7-15)29(27,28)24-14-4-3-5-20(24)21(26)23-18-10-8-17(9-11-18)22-16(2)25/h6-13,20H,3-5,14H2,1-2H3,(H,22,25)(H,23,26)/t20-/m1/s1. The van der Waals surface area contributed by atoms with Crippen LogP contribution in [0.1, 0.15) is 31.7 Å². The number of hydrogen-bond acceptors (Lipinski definition) is 4. The smallest absolute Gasteiger partial charge is 0.243 e. The van der Waals surface area contributed by atoms with Gasteiger partial charge in [0.15, 0.2) is 0 Å². The molecular formula is C21H25N3O4S. The van der Waals surface area contributed by atoms with Gasteiger partial charge in [-0.15, -0.1) is 0 Å². The first-order chi connectivity index (χ1) is 13.8. The topological polar surface area (TPSA) is 95.6 Å². The molecule has 1 aliphatic rings. The van der Waals surface area contributed by atoms with Crippen LogP contribution in [0.5, 0.6) is 0 Å². The van der Waals surface area contributed by atoms with Crippen LogP contribution in [0.4, 0.5) is 11.4 Å². The molecule has 2 amide bonds. The average molecular weight is 416 g/mol. The molecule has 2 aromatic rings. The van der Waals surface area contributed by atoms with Gasteiger partial charge in [-0.25, -0.2) is 8.42 Å². The number of amides is 2. The fourth-order valence-corrected chi connectivity index (χ4v) is 5.02. The second-order valence-corrected chi connectivity index (χ2v) is 9.08. The Bertz CT molecular complexity index is 986. The van der Waals surface area contributed by atoms with Gasteiger partial charge in [-0.1, -0.05) is 24.1 Å². The van der Waals surface area contributed by atoms with Crippen LogP contribution < -0.4 is 10.6 Å². The summed E-state index contributed by atoms with van der Waals surface area (Å²) in [5.74, 6) is -0.534. The highest BCUT2D eigenvalue weighted by molar-refractivity contribution is 7.89. The van der Waals surface area contributed by atoms with E-state index in [9.17, 15) is 18.0 Å². The van der Waals surface area contributed by atoms with Gasteiger partial charge in [-0.2, -0.15) is 4.31 Å². The first kappa shape index (κ1) is 21.0. The van der Waals surface area contributed by atoms with Gasteiger partial charge in [0.05, 0.1) is 4.90 Å². The summed E-state index contributed by atoms with van der Waals surface area (Å²) in [7, 11) is -3.76. The highest BCUT2D eigenvalue weighted by atomic mass is 32.2. The molecule has 7 nitrogen and oxygen atoms in total. The van der Waals surface area contributed by atoms with Crippen molar-refractivity contribution in [3.63, 3.8) is 0 Å². The number of nitrogens with zero attached hydrogens (tertiary/aromatic N) is 1. The molecule has 0 aromatic heterocycles. The number of benzene rings is 2. The zero-order valence-corrected chi connectivity index (χ0v) is 17.3. The van der Waals surface area contributed by atoms with Gasteiger partial charge in [0.25, 0.3) is 0 Å². The van der Waals surface area contributed by atoms with E-state index in [1.807, 2.05) is 6.92 Å². The summed E-state index contributed by atoms with van der Waals surface area (Å²) < 4.78 is 27.5. The van der Waals surface area contributed by atoms with Gasteiger partial charge in [0.2, 0.25) is 21.8 Å². The molecular weight excluding hydrogens is 390 g/mol. The number of piperidine rings is 1. The minimum atomic E-state index is -3.76. The third-order valence-corrected chi connectivity index (χ3v) is 6.78. The summed E-state index contributed by atoms with van der Waals surface area (Å²) in [6.07, 6.45) is 1.99. The van der Waals surface area contributed by atoms with Crippen molar-refractivity contribution in [2.45, 2.75) is 44.0 Å². The van der Waals surface area contributed by atoms with Crippen LogP contribution >= 0.6 is 0 Å². The Hall–Kier alpha value is -2.71. The van der Waals surface area contributed by atoms with Crippen LogP contribution in [-0.4, -0.2) is 37.1 Å². The zero-order chi connectivity index (χ0) is 21.0. The Morgan fingerprint density at radius 2 is 1.52 bits per heavy atom. The van der Waals surface area contributed by atoms with Crippen molar-refractivity contribution >= 4 is 33.2 Å². The van der Waals surface area contributed by atoms with Gasteiger partial charge >= 0.3 is 0 Å². The van der Waals surface area contributed by atoms with E-state index in [4.69, 9.17) is 0 Å². The van der Waals surface area contributed by atoms with E-state index >= 15 is 0 Å². The fourth-order valence-electron chi connectivity index (χ4n) is 3.37. The minimum absolute atomic E-state index is 0.180. The van der Waals surface area contributed by atoms with Crippen molar-refractivity contribution in [1.29, 1.82) is 0 Å². The lowest BCUT2D eigenvalue weighted by molar-refractivity contribution is -0.120. The fraction of sp³-hybridized carbons (Fsp3) is 0.333. The predicted octanol–water partition coefficient (Wildman–Crippen LogP) is 3.14. The number of nitrogens with one attached hydrogen (secondary N) is 2. The number of aryl methyl sites for hydroxylation is 1.